The number of benzene rings is 1. The number of hydrogen-bond donors (Lipinski definition) is 1. The van der Waals surface area contributed by atoms with Gasteiger partial charge in [-0.25, -0.2) is 0 Å². The number of rotatable bonds is 15. The Bertz CT molecular complexity index is 459. The summed E-state index contributed by atoms with van der Waals surface area (Å²) in [6, 6.07) is 7.52. The molecule has 0 saturated heterocycles. The van der Waals surface area contributed by atoms with Gasteiger partial charge in [0.05, 0.1) is 12.2 Å². The van der Waals surface area contributed by atoms with Gasteiger partial charge in [0.15, 0.2) is 0 Å². The molecule has 0 heterocycles. The summed E-state index contributed by atoms with van der Waals surface area (Å²) in [4.78, 5) is 12.1. The highest BCUT2D eigenvalue weighted by molar-refractivity contribution is 5.96. The monoisotopic (exact) mass is 347 g/mol. The maximum absolute atomic E-state index is 12.1. The maximum Gasteiger partial charge on any atom is 0.255 e. The van der Waals surface area contributed by atoms with Gasteiger partial charge < -0.3 is 10.1 Å². The maximum atomic E-state index is 12.1. The van der Waals surface area contributed by atoms with Crippen LogP contribution in [0.5, 0.6) is 5.75 Å². The molecule has 1 aromatic rings. The average molecular weight is 348 g/mol. The van der Waals surface area contributed by atoms with Gasteiger partial charge in [-0.05, 0) is 25.0 Å². The number of carbonyl (C=O) groups excluding carboxylic acids is 1. The highest BCUT2D eigenvalue weighted by atomic mass is 16.5. The van der Waals surface area contributed by atoms with Crippen molar-refractivity contribution in [2.75, 3.05) is 13.2 Å². The van der Waals surface area contributed by atoms with Gasteiger partial charge in [-0.3, -0.25) is 4.79 Å². The van der Waals surface area contributed by atoms with Crippen molar-refractivity contribution in [1.82, 2.24) is 5.32 Å². The van der Waals surface area contributed by atoms with Crippen molar-refractivity contribution in [3.05, 3.63) is 29.8 Å². The Morgan fingerprint density at radius 1 is 0.840 bits per heavy atom. The van der Waals surface area contributed by atoms with Gasteiger partial charge in [0.2, 0.25) is 0 Å². The lowest BCUT2D eigenvalue weighted by Crippen LogP contribution is -2.24. The molecule has 3 nitrogen and oxygen atoms in total. The summed E-state index contributed by atoms with van der Waals surface area (Å²) in [5.41, 5.74) is 0.642. The average Bonchev–Trinajstić information content (AvgIpc) is 2.64. The molecule has 0 atom stereocenters. The van der Waals surface area contributed by atoms with Crippen LogP contribution in [0.15, 0.2) is 24.3 Å². The zero-order valence-corrected chi connectivity index (χ0v) is 16.3. The van der Waals surface area contributed by atoms with E-state index >= 15 is 0 Å². The van der Waals surface area contributed by atoms with E-state index in [2.05, 4.69) is 12.2 Å². The van der Waals surface area contributed by atoms with Crippen LogP contribution in [0.25, 0.3) is 0 Å². The summed E-state index contributed by atoms with van der Waals surface area (Å²) in [6.45, 7) is 5.70. The minimum atomic E-state index is -0.0412. The molecule has 0 bridgehead atoms. The smallest absolute Gasteiger partial charge is 0.255 e. The van der Waals surface area contributed by atoms with Crippen LogP contribution in [0, 0.1) is 0 Å². The molecule has 1 amide bonds. The molecule has 0 aromatic heterocycles. The van der Waals surface area contributed by atoms with Gasteiger partial charge >= 0.3 is 0 Å². The van der Waals surface area contributed by atoms with Gasteiger partial charge in [-0.15, -0.1) is 0 Å². The van der Waals surface area contributed by atoms with Crippen molar-refractivity contribution in [3.8, 4) is 5.75 Å². The van der Waals surface area contributed by atoms with E-state index in [0.29, 0.717) is 24.5 Å². The van der Waals surface area contributed by atoms with Gasteiger partial charge in [-0.1, -0.05) is 83.8 Å². The Balaban J connectivity index is 2.13. The first-order valence-electron chi connectivity index (χ1n) is 10.3. The van der Waals surface area contributed by atoms with Crippen molar-refractivity contribution < 1.29 is 9.53 Å². The van der Waals surface area contributed by atoms with Crippen LogP contribution in [-0.4, -0.2) is 19.1 Å². The summed E-state index contributed by atoms with van der Waals surface area (Å²) in [5, 5.41) is 2.91. The number of unbranched alkanes of at least 4 members (excludes halogenated alkanes) is 9. The fourth-order valence-electron chi connectivity index (χ4n) is 2.89. The molecule has 25 heavy (non-hydrogen) atoms. The first-order chi connectivity index (χ1) is 12.3. The second-order valence-corrected chi connectivity index (χ2v) is 6.78. The Morgan fingerprint density at radius 3 is 2.08 bits per heavy atom. The van der Waals surface area contributed by atoms with E-state index < -0.39 is 0 Å². The molecule has 1 aromatic carbocycles. The second kappa shape index (κ2) is 14.8. The molecule has 3 heteroatoms. The number of ether oxygens (including phenoxy) is 1. The van der Waals surface area contributed by atoms with E-state index in [1.54, 1.807) is 0 Å². The van der Waals surface area contributed by atoms with Crippen LogP contribution < -0.4 is 10.1 Å². The van der Waals surface area contributed by atoms with E-state index in [1.165, 1.54) is 57.8 Å². The number of hydrogen-bond acceptors (Lipinski definition) is 2. The third-order valence-corrected chi connectivity index (χ3v) is 4.42. The SMILES string of the molecule is CCCCCCCCCCCCOc1ccccc1C(=O)NCCC. The highest BCUT2D eigenvalue weighted by Crippen LogP contribution is 2.18. The van der Waals surface area contributed by atoms with E-state index in [9.17, 15) is 4.79 Å². The fraction of sp³-hybridized carbons (Fsp3) is 0.682. The van der Waals surface area contributed by atoms with Crippen molar-refractivity contribution in [2.24, 2.45) is 0 Å². The Kier molecular flexibility index (Phi) is 12.7. The summed E-state index contributed by atoms with van der Waals surface area (Å²) < 4.78 is 5.85. The van der Waals surface area contributed by atoms with E-state index in [0.717, 1.165) is 12.8 Å². The molecule has 1 N–H and O–H groups in total. The summed E-state index contributed by atoms with van der Waals surface area (Å²) in [6.07, 6.45) is 14.1. The van der Waals surface area contributed by atoms with E-state index in [4.69, 9.17) is 4.74 Å². The van der Waals surface area contributed by atoms with Gasteiger partial charge in [0, 0.05) is 6.54 Å². The molecule has 1 rings (SSSR count). The lowest BCUT2D eigenvalue weighted by atomic mass is 10.1. The fourth-order valence-corrected chi connectivity index (χ4v) is 2.89. The van der Waals surface area contributed by atoms with Gasteiger partial charge in [0.25, 0.3) is 5.91 Å². The molecule has 0 aliphatic heterocycles. The second-order valence-electron chi connectivity index (χ2n) is 6.78. The van der Waals surface area contributed by atoms with Crippen molar-refractivity contribution in [3.63, 3.8) is 0 Å². The van der Waals surface area contributed by atoms with Crippen molar-refractivity contribution in [2.45, 2.75) is 84.5 Å². The molecule has 0 fully saturated rings. The molecular formula is C22H37NO2. The summed E-state index contributed by atoms with van der Waals surface area (Å²) in [5.74, 6) is 0.660. The molecule has 0 aliphatic rings. The molecule has 0 saturated carbocycles. The Labute approximate surface area is 154 Å². The number of para-hydroxylation sites is 1. The van der Waals surface area contributed by atoms with Crippen LogP contribution in [0.1, 0.15) is 94.8 Å². The first kappa shape index (κ1) is 21.5. The third-order valence-electron chi connectivity index (χ3n) is 4.42. The molecule has 0 unspecified atom stereocenters. The number of carbonyl (C=O) groups is 1. The minimum absolute atomic E-state index is 0.0412. The predicted octanol–water partition coefficient (Wildman–Crippen LogP) is 6.13. The van der Waals surface area contributed by atoms with Crippen molar-refractivity contribution >= 4 is 5.91 Å². The lowest BCUT2D eigenvalue weighted by molar-refractivity contribution is 0.0949. The quantitative estimate of drug-likeness (QED) is 0.388. The third kappa shape index (κ3) is 10.2. The first-order valence-corrected chi connectivity index (χ1v) is 10.3. The van der Waals surface area contributed by atoms with Crippen LogP contribution in [-0.2, 0) is 0 Å². The number of nitrogens with one attached hydrogen (secondary N) is 1. The van der Waals surface area contributed by atoms with Crippen LogP contribution in [0.3, 0.4) is 0 Å². The zero-order chi connectivity index (χ0) is 18.2. The van der Waals surface area contributed by atoms with E-state index in [-0.39, 0.29) is 5.91 Å². The van der Waals surface area contributed by atoms with Crippen molar-refractivity contribution in [1.29, 1.82) is 0 Å². The van der Waals surface area contributed by atoms with Gasteiger partial charge in [-0.2, -0.15) is 0 Å². The summed E-state index contributed by atoms with van der Waals surface area (Å²) in [7, 11) is 0. The Morgan fingerprint density at radius 2 is 1.44 bits per heavy atom. The molecule has 142 valence electrons. The minimum Gasteiger partial charge on any atom is -0.493 e. The summed E-state index contributed by atoms with van der Waals surface area (Å²) >= 11 is 0. The lowest BCUT2D eigenvalue weighted by Gasteiger charge is -2.11. The van der Waals surface area contributed by atoms with Crippen LogP contribution in [0.2, 0.25) is 0 Å². The molecule has 0 spiro atoms. The van der Waals surface area contributed by atoms with Gasteiger partial charge in [0.1, 0.15) is 5.75 Å². The largest absolute Gasteiger partial charge is 0.493 e. The molecular weight excluding hydrogens is 310 g/mol. The molecule has 0 aliphatic carbocycles. The normalized spacial score (nSPS) is 10.6. The topological polar surface area (TPSA) is 38.3 Å². The number of amides is 1. The Hall–Kier alpha value is -1.51. The van der Waals surface area contributed by atoms with E-state index in [1.807, 2.05) is 31.2 Å². The highest BCUT2D eigenvalue weighted by Gasteiger charge is 2.10. The standard InChI is InChI=1S/C22H37NO2/c1-3-5-6-7-8-9-10-11-12-15-19-25-21-17-14-13-16-20(21)22(24)23-18-4-2/h13-14,16-17H,3-12,15,18-19H2,1-2H3,(H,23,24). The van der Waals surface area contributed by atoms with Crippen LogP contribution in [0.4, 0.5) is 0 Å². The predicted molar refractivity (Wildman–Crippen MR) is 106 cm³/mol. The zero-order valence-electron chi connectivity index (χ0n) is 16.3. The molecule has 0 radical (unpaired) electrons. The van der Waals surface area contributed by atoms with Crippen LogP contribution >= 0.6 is 0 Å².